The van der Waals surface area contributed by atoms with Crippen LogP contribution in [-0.4, -0.2) is 30.8 Å². The largest absolute Gasteiger partial charge is 0.491 e. The minimum absolute atomic E-state index is 0.248. The summed E-state index contributed by atoms with van der Waals surface area (Å²) in [6.45, 7) is 2.21. The van der Waals surface area contributed by atoms with Crippen molar-refractivity contribution in [1.29, 1.82) is 0 Å². The molecule has 2 heterocycles. The van der Waals surface area contributed by atoms with Crippen molar-refractivity contribution >= 4 is 10.9 Å². The Morgan fingerprint density at radius 3 is 1.94 bits per heavy atom. The molecule has 1 atom stereocenters. The monoisotopic (exact) mass is 474 g/mol. The molecule has 0 spiro atoms. The third-order valence-corrected chi connectivity index (χ3v) is 6.98. The SMILES string of the molecule is c1ccc(C(NCCc2c[nH]c3ccc(OC[C@@H]4CO4)cc23)(c2ccccc2)c2ccccc2)cc1. The molecule has 36 heavy (non-hydrogen) atoms. The molecule has 180 valence electrons. The molecule has 4 aromatic carbocycles. The van der Waals surface area contributed by atoms with E-state index in [1.165, 1.54) is 27.6 Å². The van der Waals surface area contributed by atoms with Crippen LogP contribution in [0.4, 0.5) is 0 Å². The third kappa shape index (κ3) is 4.53. The molecular weight excluding hydrogens is 444 g/mol. The maximum absolute atomic E-state index is 5.94. The van der Waals surface area contributed by atoms with Crippen LogP contribution < -0.4 is 10.1 Å². The molecule has 1 fully saturated rings. The van der Waals surface area contributed by atoms with Gasteiger partial charge >= 0.3 is 0 Å². The van der Waals surface area contributed by atoms with Gasteiger partial charge in [-0.05, 0) is 46.9 Å². The highest BCUT2D eigenvalue weighted by molar-refractivity contribution is 5.84. The number of aromatic nitrogens is 1. The zero-order valence-corrected chi connectivity index (χ0v) is 20.2. The number of fused-ring (bicyclic) bond motifs is 1. The van der Waals surface area contributed by atoms with Gasteiger partial charge in [-0.1, -0.05) is 91.0 Å². The molecule has 6 rings (SSSR count). The van der Waals surface area contributed by atoms with Crippen LogP contribution in [0, 0.1) is 0 Å². The van der Waals surface area contributed by atoms with Gasteiger partial charge in [0.15, 0.2) is 0 Å². The molecular formula is C32H30N2O2. The van der Waals surface area contributed by atoms with Crippen LogP contribution in [-0.2, 0) is 16.7 Å². The number of hydrogen-bond donors (Lipinski definition) is 2. The Bertz CT molecular complexity index is 1310. The van der Waals surface area contributed by atoms with E-state index in [2.05, 4.69) is 120 Å². The first-order valence-corrected chi connectivity index (χ1v) is 12.6. The van der Waals surface area contributed by atoms with Crippen molar-refractivity contribution in [2.45, 2.75) is 18.1 Å². The standard InChI is InChI=1S/C32H30N2O2/c1-4-10-25(11-5-1)32(26-12-6-2-7-13-26,27-14-8-3-9-15-27)34-19-18-24-21-33-31-17-16-28(20-30(24)31)35-22-29-23-36-29/h1-17,20-21,29,33-34H,18-19,22-23H2/t29-/m1/s1. The van der Waals surface area contributed by atoms with Gasteiger partial charge in [0.05, 0.1) is 12.1 Å². The van der Waals surface area contributed by atoms with E-state index in [1.807, 2.05) is 6.07 Å². The highest BCUT2D eigenvalue weighted by Crippen LogP contribution is 2.37. The minimum Gasteiger partial charge on any atom is -0.491 e. The maximum Gasteiger partial charge on any atom is 0.120 e. The van der Waals surface area contributed by atoms with Crippen molar-refractivity contribution in [1.82, 2.24) is 10.3 Å². The lowest BCUT2D eigenvalue weighted by Gasteiger charge is -2.37. The van der Waals surface area contributed by atoms with Crippen LogP contribution in [0.15, 0.2) is 115 Å². The topological polar surface area (TPSA) is 49.6 Å². The zero-order chi connectivity index (χ0) is 24.2. The van der Waals surface area contributed by atoms with Crippen LogP contribution in [0.2, 0.25) is 0 Å². The molecule has 1 saturated heterocycles. The summed E-state index contributed by atoms with van der Waals surface area (Å²) in [5, 5.41) is 5.19. The number of ether oxygens (including phenoxy) is 2. The summed E-state index contributed by atoms with van der Waals surface area (Å²) in [5.74, 6) is 0.888. The summed E-state index contributed by atoms with van der Waals surface area (Å²) < 4.78 is 11.2. The molecule has 0 bridgehead atoms. The lowest BCUT2D eigenvalue weighted by molar-refractivity contribution is 0.263. The number of nitrogens with one attached hydrogen (secondary N) is 2. The van der Waals surface area contributed by atoms with Crippen LogP contribution in [0.5, 0.6) is 5.75 Å². The van der Waals surface area contributed by atoms with E-state index in [0.717, 1.165) is 30.8 Å². The summed E-state index contributed by atoms with van der Waals surface area (Å²) >= 11 is 0. The average molecular weight is 475 g/mol. The molecule has 1 aliphatic rings. The molecule has 0 saturated carbocycles. The number of rotatable bonds is 10. The predicted molar refractivity (Wildman–Crippen MR) is 144 cm³/mol. The Balaban J connectivity index is 1.32. The first-order chi connectivity index (χ1) is 17.8. The van der Waals surface area contributed by atoms with Crippen molar-refractivity contribution in [3.63, 3.8) is 0 Å². The van der Waals surface area contributed by atoms with E-state index in [4.69, 9.17) is 9.47 Å². The second kappa shape index (κ2) is 10.0. The average Bonchev–Trinajstić information content (AvgIpc) is 3.70. The quantitative estimate of drug-likeness (QED) is 0.191. The molecule has 4 nitrogen and oxygen atoms in total. The predicted octanol–water partition coefficient (Wildman–Crippen LogP) is 6.07. The third-order valence-electron chi connectivity index (χ3n) is 6.98. The zero-order valence-electron chi connectivity index (χ0n) is 20.2. The Morgan fingerprint density at radius 1 is 0.806 bits per heavy atom. The number of benzene rings is 4. The fourth-order valence-electron chi connectivity index (χ4n) is 5.06. The van der Waals surface area contributed by atoms with Gasteiger partial charge in [0.25, 0.3) is 0 Å². The molecule has 2 N–H and O–H groups in total. The Labute approximate surface area is 211 Å². The van der Waals surface area contributed by atoms with Crippen LogP contribution >= 0.6 is 0 Å². The lowest BCUT2D eigenvalue weighted by atomic mass is 9.77. The molecule has 0 unspecified atom stereocenters. The van der Waals surface area contributed by atoms with E-state index < -0.39 is 5.54 Å². The van der Waals surface area contributed by atoms with Gasteiger partial charge in [-0.2, -0.15) is 0 Å². The van der Waals surface area contributed by atoms with Gasteiger partial charge < -0.3 is 14.5 Å². The van der Waals surface area contributed by atoms with Gasteiger partial charge in [-0.25, -0.2) is 0 Å². The highest BCUT2D eigenvalue weighted by atomic mass is 16.6. The highest BCUT2D eigenvalue weighted by Gasteiger charge is 2.35. The van der Waals surface area contributed by atoms with Gasteiger partial charge in [-0.15, -0.1) is 0 Å². The van der Waals surface area contributed by atoms with Crippen molar-refractivity contribution in [3.05, 3.63) is 138 Å². The molecule has 4 heteroatoms. The molecule has 1 aliphatic heterocycles. The van der Waals surface area contributed by atoms with E-state index in [-0.39, 0.29) is 6.10 Å². The summed E-state index contributed by atoms with van der Waals surface area (Å²) in [6.07, 6.45) is 3.25. The second-order valence-electron chi connectivity index (χ2n) is 9.31. The van der Waals surface area contributed by atoms with Crippen LogP contribution in [0.25, 0.3) is 10.9 Å². The number of hydrogen-bond acceptors (Lipinski definition) is 3. The van der Waals surface area contributed by atoms with E-state index >= 15 is 0 Å². The number of epoxide rings is 1. The van der Waals surface area contributed by atoms with E-state index in [1.54, 1.807) is 0 Å². The maximum atomic E-state index is 5.94. The molecule has 5 aromatic rings. The van der Waals surface area contributed by atoms with E-state index in [0.29, 0.717) is 6.61 Å². The van der Waals surface area contributed by atoms with Gasteiger partial charge in [-0.3, -0.25) is 5.32 Å². The van der Waals surface area contributed by atoms with Gasteiger partial charge in [0, 0.05) is 23.6 Å². The summed E-state index contributed by atoms with van der Waals surface area (Å²) in [5.41, 5.74) is 5.60. The first-order valence-electron chi connectivity index (χ1n) is 12.6. The smallest absolute Gasteiger partial charge is 0.120 e. The summed E-state index contributed by atoms with van der Waals surface area (Å²) in [7, 11) is 0. The Kier molecular flexibility index (Phi) is 6.29. The summed E-state index contributed by atoms with van der Waals surface area (Å²) in [4.78, 5) is 3.43. The van der Waals surface area contributed by atoms with Crippen molar-refractivity contribution in [2.75, 3.05) is 19.8 Å². The van der Waals surface area contributed by atoms with Gasteiger partial charge in [0.2, 0.25) is 0 Å². The molecule has 0 aliphatic carbocycles. The summed E-state index contributed by atoms with van der Waals surface area (Å²) in [6, 6.07) is 38.5. The fraction of sp³-hybridized carbons (Fsp3) is 0.188. The van der Waals surface area contributed by atoms with Crippen molar-refractivity contribution < 1.29 is 9.47 Å². The molecule has 0 amide bonds. The van der Waals surface area contributed by atoms with Gasteiger partial charge in [0.1, 0.15) is 18.5 Å². The lowest BCUT2D eigenvalue weighted by Crippen LogP contribution is -2.45. The normalized spacial score (nSPS) is 15.2. The fourth-order valence-corrected chi connectivity index (χ4v) is 5.06. The Hall–Kier alpha value is -3.86. The molecule has 1 aromatic heterocycles. The minimum atomic E-state index is -0.464. The second-order valence-corrected chi connectivity index (χ2v) is 9.31. The number of H-pyrrole nitrogens is 1. The Morgan fingerprint density at radius 2 is 1.39 bits per heavy atom. The van der Waals surface area contributed by atoms with E-state index in [9.17, 15) is 0 Å². The van der Waals surface area contributed by atoms with Crippen molar-refractivity contribution in [2.24, 2.45) is 0 Å². The molecule has 0 radical (unpaired) electrons. The van der Waals surface area contributed by atoms with Crippen molar-refractivity contribution in [3.8, 4) is 5.75 Å². The number of aromatic amines is 1. The van der Waals surface area contributed by atoms with Crippen LogP contribution in [0.1, 0.15) is 22.3 Å². The van der Waals surface area contributed by atoms with Crippen LogP contribution in [0.3, 0.4) is 0 Å². The first kappa shape index (κ1) is 22.6.